The number of fused-ring (bicyclic) bond motifs is 1. The van der Waals surface area contributed by atoms with Crippen LogP contribution in [0.5, 0.6) is 0 Å². The van der Waals surface area contributed by atoms with Gasteiger partial charge in [0, 0.05) is 43.0 Å². The number of rotatable bonds is 3. The fraction of sp³-hybridized carbons (Fsp3) is 0.261. The van der Waals surface area contributed by atoms with Gasteiger partial charge in [-0.05, 0) is 54.8 Å². The van der Waals surface area contributed by atoms with Crippen LogP contribution < -0.4 is 10.2 Å². The molecule has 0 saturated heterocycles. The zero-order chi connectivity index (χ0) is 21.7. The summed E-state index contributed by atoms with van der Waals surface area (Å²) < 4.78 is 1.79. The quantitative estimate of drug-likeness (QED) is 0.579. The Balaban J connectivity index is 1.63. The van der Waals surface area contributed by atoms with E-state index in [1.807, 2.05) is 55.4 Å². The molecule has 0 spiro atoms. The molecular formula is C23H21Cl2N5O. The van der Waals surface area contributed by atoms with Gasteiger partial charge in [0.2, 0.25) is 5.95 Å². The molecule has 2 aromatic carbocycles. The Kier molecular flexibility index (Phi) is 4.99. The summed E-state index contributed by atoms with van der Waals surface area (Å²) in [7, 11) is 4.00. The van der Waals surface area contributed by atoms with E-state index >= 15 is 0 Å². The van der Waals surface area contributed by atoms with Crippen molar-refractivity contribution in [2.24, 2.45) is 0 Å². The minimum Gasteiger partial charge on any atom is -0.378 e. The van der Waals surface area contributed by atoms with E-state index < -0.39 is 6.04 Å². The summed E-state index contributed by atoms with van der Waals surface area (Å²) in [6.45, 7) is 0. The number of Topliss-reactive ketones (excluding diaryl/α,β-unsaturated/α-hetero) is 1. The lowest BCUT2D eigenvalue weighted by atomic mass is 9.85. The first-order chi connectivity index (χ1) is 14.9. The molecule has 1 unspecified atom stereocenters. The molecular weight excluding hydrogens is 433 g/mol. The number of ketones is 1. The van der Waals surface area contributed by atoms with Crippen molar-refractivity contribution in [3.05, 3.63) is 69.3 Å². The maximum atomic E-state index is 12.9. The van der Waals surface area contributed by atoms with Crippen LogP contribution in [0, 0.1) is 0 Å². The molecule has 1 aliphatic carbocycles. The molecule has 3 aromatic rings. The minimum atomic E-state index is -0.392. The average Bonchev–Trinajstić information content (AvgIpc) is 3.18. The predicted octanol–water partition coefficient (Wildman–Crippen LogP) is 5.34. The number of benzene rings is 2. The fourth-order valence-corrected chi connectivity index (χ4v) is 4.48. The topological polar surface area (TPSA) is 63.1 Å². The number of nitrogens with one attached hydrogen (secondary N) is 1. The second kappa shape index (κ2) is 7.70. The van der Waals surface area contributed by atoms with Crippen LogP contribution in [0.1, 0.15) is 30.9 Å². The van der Waals surface area contributed by atoms with Gasteiger partial charge in [-0.25, -0.2) is 4.68 Å². The van der Waals surface area contributed by atoms with Crippen LogP contribution in [0.15, 0.2) is 53.7 Å². The number of carbonyl (C=O) groups excluding carboxylic acids is 1. The lowest BCUT2D eigenvalue weighted by molar-refractivity contribution is -0.116. The largest absolute Gasteiger partial charge is 0.378 e. The van der Waals surface area contributed by atoms with Gasteiger partial charge < -0.3 is 10.2 Å². The summed E-state index contributed by atoms with van der Waals surface area (Å²) in [6, 6.07) is 13.1. The maximum absolute atomic E-state index is 12.9. The molecule has 1 atom stereocenters. The summed E-state index contributed by atoms with van der Waals surface area (Å²) >= 11 is 12.5. The Bertz CT molecular complexity index is 1210. The first-order valence-corrected chi connectivity index (χ1v) is 10.9. The summed E-state index contributed by atoms with van der Waals surface area (Å²) in [4.78, 5) is 19.7. The van der Waals surface area contributed by atoms with Gasteiger partial charge in [-0.1, -0.05) is 29.3 Å². The number of allylic oxidation sites excluding steroid dienone is 2. The van der Waals surface area contributed by atoms with E-state index in [1.54, 1.807) is 10.7 Å². The van der Waals surface area contributed by atoms with E-state index in [1.165, 1.54) is 0 Å². The number of hydrogen-bond acceptors (Lipinski definition) is 5. The summed E-state index contributed by atoms with van der Waals surface area (Å²) in [5.74, 6) is 1.35. The third-order valence-electron chi connectivity index (χ3n) is 5.77. The van der Waals surface area contributed by atoms with E-state index in [0.29, 0.717) is 28.2 Å². The number of anilines is 2. The molecule has 1 N–H and O–H groups in total. The zero-order valence-electron chi connectivity index (χ0n) is 17.2. The van der Waals surface area contributed by atoms with Crippen LogP contribution >= 0.6 is 23.2 Å². The highest BCUT2D eigenvalue weighted by molar-refractivity contribution is 6.42. The van der Waals surface area contributed by atoms with E-state index in [2.05, 4.69) is 5.32 Å². The molecule has 5 rings (SSSR count). The van der Waals surface area contributed by atoms with Crippen LogP contribution in [0.2, 0.25) is 10.0 Å². The minimum absolute atomic E-state index is 0.128. The summed E-state index contributed by atoms with van der Waals surface area (Å²) in [6.07, 6.45) is 2.16. The maximum Gasteiger partial charge on any atom is 0.226 e. The second-order valence-electron chi connectivity index (χ2n) is 8.01. The Morgan fingerprint density at radius 3 is 2.55 bits per heavy atom. The molecule has 6 nitrogen and oxygen atoms in total. The highest BCUT2D eigenvalue weighted by Gasteiger charge is 2.37. The second-order valence-corrected chi connectivity index (χ2v) is 8.83. The predicted molar refractivity (Wildman–Crippen MR) is 124 cm³/mol. The highest BCUT2D eigenvalue weighted by atomic mass is 35.5. The van der Waals surface area contributed by atoms with Crippen molar-refractivity contribution >= 4 is 40.6 Å². The van der Waals surface area contributed by atoms with Crippen molar-refractivity contribution in [2.75, 3.05) is 24.3 Å². The fourth-order valence-electron chi connectivity index (χ4n) is 4.18. The van der Waals surface area contributed by atoms with E-state index in [-0.39, 0.29) is 5.78 Å². The molecule has 2 heterocycles. The van der Waals surface area contributed by atoms with E-state index in [9.17, 15) is 4.79 Å². The van der Waals surface area contributed by atoms with Crippen molar-refractivity contribution in [2.45, 2.75) is 25.3 Å². The van der Waals surface area contributed by atoms with Gasteiger partial charge in [-0.2, -0.15) is 4.98 Å². The van der Waals surface area contributed by atoms with Crippen molar-refractivity contribution in [3.63, 3.8) is 0 Å². The Morgan fingerprint density at radius 2 is 1.84 bits per heavy atom. The molecule has 0 bridgehead atoms. The van der Waals surface area contributed by atoms with Crippen molar-refractivity contribution in [1.82, 2.24) is 14.8 Å². The van der Waals surface area contributed by atoms with Crippen molar-refractivity contribution < 1.29 is 4.79 Å². The molecule has 1 aliphatic heterocycles. The van der Waals surface area contributed by atoms with Crippen LogP contribution in [0.4, 0.5) is 11.6 Å². The molecule has 0 saturated carbocycles. The van der Waals surface area contributed by atoms with Crippen LogP contribution in [-0.4, -0.2) is 34.6 Å². The molecule has 1 aromatic heterocycles. The number of nitrogens with zero attached hydrogens (tertiary/aromatic N) is 4. The standard InChI is InChI=1S/C23H21Cl2N5O/c1-29(2)15-9-6-13(7-10-15)22-27-23-26-18-4-3-5-19(31)20(18)21(30(23)28-22)14-8-11-16(24)17(25)12-14/h6-12,21H,3-5H2,1-2H3,(H,26,27,28). The van der Waals surface area contributed by atoms with Gasteiger partial charge in [0.25, 0.3) is 0 Å². The molecule has 8 heteroatoms. The van der Waals surface area contributed by atoms with Gasteiger partial charge in [0.15, 0.2) is 11.6 Å². The average molecular weight is 454 g/mol. The van der Waals surface area contributed by atoms with E-state index in [4.69, 9.17) is 33.3 Å². The van der Waals surface area contributed by atoms with Crippen LogP contribution in [0.3, 0.4) is 0 Å². The first kappa shape index (κ1) is 20.1. The van der Waals surface area contributed by atoms with Crippen LogP contribution in [0.25, 0.3) is 11.4 Å². The van der Waals surface area contributed by atoms with Gasteiger partial charge in [0.05, 0.1) is 10.0 Å². The molecule has 0 fully saturated rings. The van der Waals surface area contributed by atoms with Crippen molar-refractivity contribution in [3.8, 4) is 11.4 Å². The normalized spacial score (nSPS) is 17.8. The monoisotopic (exact) mass is 453 g/mol. The first-order valence-electron chi connectivity index (χ1n) is 10.1. The molecule has 2 aliphatic rings. The lowest BCUT2D eigenvalue weighted by Crippen LogP contribution is -2.31. The third-order valence-corrected chi connectivity index (χ3v) is 6.51. The summed E-state index contributed by atoms with van der Waals surface area (Å²) in [5, 5.41) is 9.08. The Hall–Kier alpha value is -2.83. The molecule has 31 heavy (non-hydrogen) atoms. The van der Waals surface area contributed by atoms with E-state index in [0.717, 1.165) is 40.9 Å². The number of aromatic nitrogens is 3. The summed E-state index contributed by atoms with van der Waals surface area (Å²) in [5.41, 5.74) is 4.52. The van der Waals surface area contributed by atoms with Crippen LogP contribution in [-0.2, 0) is 4.79 Å². The van der Waals surface area contributed by atoms with Gasteiger partial charge in [-0.15, -0.1) is 5.10 Å². The third kappa shape index (κ3) is 3.50. The number of hydrogen-bond donors (Lipinski definition) is 1. The smallest absolute Gasteiger partial charge is 0.226 e. The molecule has 0 radical (unpaired) electrons. The lowest BCUT2D eigenvalue weighted by Gasteiger charge is -2.32. The Morgan fingerprint density at radius 1 is 1.06 bits per heavy atom. The van der Waals surface area contributed by atoms with Crippen molar-refractivity contribution in [1.29, 1.82) is 0 Å². The SMILES string of the molecule is CN(C)c1ccc(-c2nc3n(n2)C(c2ccc(Cl)c(Cl)c2)C2=C(CCCC2=O)N3)cc1. The molecule has 158 valence electrons. The highest BCUT2D eigenvalue weighted by Crippen LogP contribution is 2.41. The number of halogens is 2. The number of carbonyl (C=O) groups is 1. The van der Waals surface area contributed by atoms with Gasteiger partial charge in [-0.3, -0.25) is 4.79 Å². The van der Waals surface area contributed by atoms with Gasteiger partial charge >= 0.3 is 0 Å². The molecule has 0 amide bonds. The van der Waals surface area contributed by atoms with Gasteiger partial charge in [0.1, 0.15) is 6.04 Å². The zero-order valence-corrected chi connectivity index (χ0v) is 18.7. The Labute approximate surface area is 190 Å².